The van der Waals surface area contributed by atoms with Crippen LogP contribution in [0.1, 0.15) is 44.9 Å². The Labute approximate surface area is 122 Å². The van der Waals surface area contributed by atoms with Crippen LogP contribution in [-0.2, 0) is 0 Å². The van der Waals surface area contributed by atoms with E-state index in [2.05, 4.69) is 20.2 Å². The summed E-state index contributed by atoms with van der Waals surface area (Å²) in [6.07, 6.45) is 13.3. The summed E-state index contributed by atoms with van der Waals surface area (Å²) in [7, 11) is 0. The van der Waals surface area contributed by atoms with Crippen molar-refractivity contribution in [2.24, 2.45) is 5.92 Å². The molecule has 0 radical (unpaired) electrons. The first-order valence-corrected chi connectivity index (χ1v) is 8.16. The molecule has 110 valence electrons. The van der Waals surface area contributed by atoms with E-state index in [-0.39, 0.29) is 0 Å². The van der Waals surface area contributed by atoms with Crippen molar-refractivity contribution >= 4 is 5.95 Å². The number of hydrogen-bond donors (Lipinski definition) is 1. The van der Waals surface area contributed by atoms with E-state index < -0.39 is 0 Å². The first kappa shape index (κ1) is 13.8. The van der Waals surface area contributed by atoms with E-state index in [0.29, 0.717) is 6.04 Å². The number of likely N-dealkylation sites (tertiary alicyclic amines) is 1. The molecule has 0 amide bonds. The van der Waals surface area contributed by atoms with Gasteiger partial charge < -0.3 is 10.2 Å². The van der Waals surface area contributed by atoms with Crippen LogP contribution in [-0.4, -0.2) is 40.5 Å². The molecule has 3 rings (SSSR count). The van der Waals surface area contributed by atoms with Crippen molar-refractivity contribution in [3.05, 3.63) is 18.5 Å². The number of nitrogens with one attached hydrogen (secondary N) is 1. The summed E-state index contributed by atoms with van der Waals surface area (Å²) >= 11 is 0. The first-order valence-electron chi connectivity index (χ1n) is 8.16. The first-order chi connectivity index (χ1) is 9.90. The van der Waals surface area contributed by atoms with Gasteiger partial charge in [-0.15, -0.1) is 0 Å². The molecule has 1 saturated heterocycles. The second-order valence-electron chi connectivity index (χ2n) is 6.30. The van der Waals surface area contributed by atoms with Crippen molar-refractivity contribution in [3.8, 4) is 0 Å². The molecule has 20 heavy (non-hydrogen) atoms. The average molecular weight is 274 g/mol. The monoisotopic (exact) mass is 274 g/mol. The van der Waals surface area contributed by atoms with Crippen LogP contribution in [0.25, 0.3) is 0 Å². The predicted octanol–water partition coefficient (Wildman–Crippen LogP) is 2.93. The number of nitrogens with zero attached hydrogens (tertiary/aromatic N) is 3. The van der Waals surface area contributed by atoms with Crippen molar-refractivity contribution in [1.29, 1.82) is 0 Å². The van der Waals surface area contributed by atoms with Crippen molar-refractivity contribution in [3.63, 3.8) is 0 Å². The zero-order chi connectivity index (χ0) is 13.6. The highest BCUT2D eigenvalue weighted by Crippen LogP contribution is 2.25. The molecular formula is C16H26N4. The Morgan fingerprint density at radius 1 is 1.00 bits per heavy atom. The molecule has 1 aromatic rings. The van der Waals surface area contributed by atoms with Gasteiger partial charge in [-0.05, 0) is 37.7 Å². The second kappa shape index (κ2) is 7.02. The lowest BCUT2D eigenvalue weighted by Gasteiger charge is -2.35. The van der Waals surface area contributed by atoms with Gasteiger partial charge in [0.1, 0.15) is 0 Å². The molecule has 0 bridgehead atoms. The molecule has 4 heteroatoms. The van der Waals surface area contributed by atoms with Crippen LogP contribution < -0.4 is 5.32 Å². The van der Waals surface area contributed by atoms with Gasteiger partial charge in [-0.25, -0.2) is 9.97 Å². The van der Waals surface area contributed by atoms with Crippen LogP contribution in [0.4, 0.5) is 5.95 Å². The van der Waals surface area contributed by atoms with Gasteiger partial charge in [-0.3, -0.25) is 0 Å². The lowest BCUT2D eigenvalue weighted by atomic mass is 9.88. The zero-order valence-corrected chi connectivity index (χ0v) is 12.3. The summed E-state index contributed by atoms with van der Waals surface area (Å²) < 4.78 is 0. The van der Waals surface area contributed by atoms with Crippen LogP contribution >= 0.6 is 0 Å². The molecule has 2 heterocycles. The van der Waals surface area contributed by atoms with Crippen molar-refractivity contribution < 1.29 is 0 Å². The third kappa shape index (κ3) is 3.92. The smallest absolute Gasteiger partial charge is 0.222 e. The van der Waals surface area contributed by atoms with Gasteiger partial charge in [0.25, 0.3) is 0 Å². The van der Waals surface area contributed by atoms with E-state index in [4.69, 9.17) is 0 Å². The molecule has 1 N–H and O–H groups in total. The van der Waals surface area contributed by atoms with E-state index in [1.165, 1.54) is 64.6 Å². The summed E-state index contributed by atoms with van der Waals surface area (Å²) in [5, 5.41) is 3.46. The van der Waals surface area contributed by atoms with Gasteiger partial charge in [0.05, 0.1) is 0 Å². The Kier molecular flexibility index (Phi) is 4.85. The van der Waals surface area contributed by atoms with Crippen molar-refractivity contribution in [2.45, 2.75) is 51.0 Å². The van der Waals surface area contributed by atoms with Crippen LogP contribution in [0, 0.1) is 5.92 Å². The number of piperidine rings is 1. The average Bonchev–Trinajstić information content (AvgIpc) is 2.51. The quantitative estimate of drug-likeness (QED) is 0.916. The van der Waals surface area contributed by atoms with Crippen LogP contribution in [0.5, 0.6) is 0 Å². The Morgan fingerprint density at radius 2 is 1.70 bits per heavy atom. The molecule has 1 aliphatic carbocycles. The van der Waals surface area contributed by atoms with Crippen LogP contribution in [0.2, 0.25) is 0 Å². The fourth-order valence-corrected chi connectivity index (χ4v) is 3.55. The molecule has 0 atom stereocenters. The highest BCUT2D eigenvalue weighted by Gasteiger charge is 2.22. The van der Waals surface area contributed by atoms with Crippen LogP contribution in [0.15, 0.2) is 18.5 Å². The third-order valence-electron chi connectivity index (χ3n) is 4.73. The Hall–Kier alpha value is -1.16. The van der Waals surface area contributed by atoms with E-state index in [0.717, 1.165) is 11.9 Å². The van der Waals surface area contributed by atoms with Gasteiger partial charge in [-0.2, -0.15) is 0 Å². The zero-order valence-electron chi connectivity index (χ0n) is 12.3. The fourth-order valence-electron chi connectivity index (χ4n) is 3.55. The molecule has 4 nitrogen and oxygen atoms in total. The minimum Gasteiger partial charge on any atom is -0.351 e. The number of hydrogen-bond acceptors (Lipinski definition) is 4. The molecule has 1 aliphatic heterocycles. The maximum absolute atomic E-state index is 4.25. The maximum Gasteiger partial charge on any atom is 0.222 e. The molecule has 0 spiro atoms. The van der Waals surface area contributed by atoms with E-state index in [9.17, 15) is 0 Å². The Morgan fingerprint density at radius 3 is 2.40 bits per heavy atom. The molecule has 1 saturated carbocycles. The fraction of sp³-hybridized carbons (Fsp3) is 0.750. The van der Waals surface area contributed by atoms with E-state index in [1.807, 2.05) is 6.07 Å². The SMILES string of the molecule is c1cnc(NC2CCN(CC3CCCCC3)CC2)nc1. The Balaban J connectivity index is 1.40. The van der Waals surface area contributed by atoms with Crippen molar-refractivity contribution in [1.82, 2.24) is 14.9 Å². The second-order valence-corrected chi connectivity index (χ2v) is 6.30. The number of aromatic nitrogens is 2. The van der Waals surface area contributed by atoms with Gasteiger partial charge >= 0.3 is 0 Å². The molecule has 1 aromatic heterocycles. The summed E-state index contributed by atoms with van der Waals surface area (Å²) in [5.41, 5.74) is 0. The van der Waals surface area contributed by atoms with Gasteiger partial charge in [0.15, 0.2) is 0 Å². The standard InChI is InChI=1S/C16H26N4/c1-2-5-14(6-3-1)13-20-11-7-15(8-12-20)19-16-17-9-4-10-18-16/h4,9-10,14-15H,1-3,5-8,11-13H2,(H,17,18,19). The molecular weight excluding hydrogens is 248 g/mol. The largest absolute Gasteiger partial charge is 0.351 e. The summed E-state index contributed by atoms with van der Waals surface area (Å²) in [5.74, 6) is 1.74. The van der Waals surface area contributed by atoms with Gasteiger partial charge in [0.2, 0.25) is 5.95 Å². The predicted molar refractivity (Wildman–Crippen MR) is 81.7 cm³/mol. The summed E-state index contributed by atoms with van der Waals surface area (Å²) in [4.78, 5) is 11.2. The minimum atomic E-state index is 0.542. The highest BCUT2D eigenvalue weighted by atomic mass is 15.2. The highest BCUT2D eigenvalue weighted by molar-refractivity contribution is 5.24. The number of rotatable bonds is 4. The maximum atomic E-state index is 4.25. The molecule has 2 aliphatic rings. The lowest BCUT2D eigenvalue weighted by molar-refractivity contribution is 0.168. The number of anilines is 1. The molecule has 0 unspecified atom stereocenters. The van der Waals surface area contributed by atoms with E-state index >= 15 is 0 Å². The lowest BCUT2D eigenvalue weighted by Crippen LogP contribution is -2.41. The van der Waals surface area contributed by atoms with E-state index in [1.54, 1.807) is 12.4 Å². The summed E-state index contributed by atoms with van der Waals surface area (Å²) in [6.45, 7) is 3.77. The normalized spacial score (nSPS) is 22.8. The Bertz CT molecular complexity index is 381. The van der Waals surface area contributed by atoms with Gasteiger partial charge in [0, 0.05) is 38.1 Å². The summed E-state index contributed by atoms with van der Waals surface area (Å²) in [6, 6.07) is 2.40. The molecule has 2 fully saturated rings. The van der Waals surface area contributed by atoms with Crippen molar-refractivity contribution in [2.75, 3.05) is 25.0 Å². The van der Waals surface area contributed by atoms with Crippen LogP contribution in [0.3, 0.4) is 0 Å². The molecule has 0 aromatic carbocycles. The minimum absolute atomic E-state index is 0.542. The third-order valence-corrected chi connectivity index (χ3v) is 4.73. The topological polar surface area (TPSA) is 41.1 Å². The van der Waals surface area contributed by atoms with Gasteiger partial charge in [-0.1, -0.05) is 19.3 Å².